The summed E-state index contributed by atoms with van der Waals surface area (Å²) < 4.78 is 25.6. The van der Waals surface area contributed by atoms with Gasteiger partial charge in [0.15, 0.2) is 11.5 Å². The highest BCUT2D eigenvalue weighted by atomic mass is 19.1. The van der Waals surface area contributed by atoms with E-state index in [0.717, 1.165) is 16.8 Å². The molecule has 33 heavy (non-hydrogen) atoms. The van der Waals surface area contributed by atoms with E-state index < -0.39 is 0 Å². The average molecular weight is 443 g/mol. The van der Waals surface area contributed by atoms with Gasteiger partial charge in [-0.2, -0.15) is 5.10 Å². The standard InChI is InChI=1S/C26H22FN3O3/c1-32-23-14-8-18(16-24(23)33-2)26-19(17-30(29-26)22-6-4-3-5-7-22)9-15-25(31)28-21-12-10-20(27)11-13-21/h3-17H,1-2H3,(H,28,31)/b15-9+. The zero-order valence-electron chi connectivity index (χ0n) is 18.2. The van der Waals surface area contributed by atoms with E-state index in [0.29, 0.717) is 22.9 Å². The first kappa shape index (κ1) is 21.8. The largest absolute Gasteiger partial charge is 0.493 e. The fraction of sp³-hybridized carbons (Fsp3) is 0.0769. The molecule has 6 nitrogen and oxygen atoms in total. The zero-order valence-corrected chi connectivity index (χ0v) is 18.2. The van der Waals surface area contributed by atoms with Crippen LogP contribution in [-0.2, 0) is 4.79 Å². The smallest absolute Gasteiger partial charge is 0.248 e. The van der Waals surface area contributed by atoms with Gasteiger partial charge in [-0.25, -0.2) is 9.07 Å². The van der Waals surface area contributed by atoms with Crippen LogP contribution >= 0.6 is 0 Å². The first-order valence-electron chi connectivity index (χ1n) is 10.2. The molecule has 1 amide bonds. The maximum atomic E-state index is 13.1. The number of anilines is 1. The monoisotopic (exact) mass is 443 g/mol. The van der Waals surface area contributed by atoms with Gasteiger partial charge in [-0.1, -0.05) is 18.2 Å². The minimum absolute atomic E-state index is 0.340. The predicted molar refractivity (Wildman–Crippen MR) is 126 cm³/mol. The van der Waals surface area contributed by atoms with Gasteiger partial charge in [-0.05, 0) is 60.7 Å². The Morgan fingerprint density at radius 1 is 0.970 bits per heavy atom. The van der Waals surface area contributed by atoms with Gasteiger partial charge in [0.1, 0.15) is 11.5 Å². The molecule has 0 radical (unpaired) electrons. The lowest BCUT2D eigenvalue weighted by molar-refractivity contribution is -0.111. The molecule has 1 heterocycles. The Labute approximate surface area is 190 Å². The Balaban J connectivity index is 1.68. The Morgan fingerprint density at radius 3 is 2.39 bits per heavy atom. The van der Waals surface area contributed by atoms with Gasteiger partial charge in [-0.15, -0.1) is 0 Å². The number of amides is 1. The van der Waals surface area contributed by atoms with E-state index in [-0.39, 0.29) is 11.7 Å². The summed E-state index contributed by atoms with van der Waals surface area (Å²) in [6, 6.07) is 20.8. The first-order chi connectivity index (χ1) is 16.1. The van der Waals surface area contributed by atoms with E-state index in [1.54, 1.807) is 25.0 Å². The molecule has 0 aliphatic heterocycles. The van der Waals surface area contributed by atoms with Gasteiger partial charge < -0.3 is 14.8 Å². The highest BCUT2D eigenvalue weighted by Gasteiger charge is 2.14. The lowest BCUT2D eigenvalue weighted by atomic mass is 10.1. The van der Waals surface area contributed by atoms with E-state index >= 15 is 0 Å². The van der Waals surface area contributed by atoms with Gasteiger partial charge in [-0.3, -0.25) is 4.79 Å². The second-order valence-corrected chi connectivity index (χ2v) is 7.11. The molecule has 0 atom stereocenters. The molecule has 0 aliphatic rings. The summed E-state index contributed by atoms with van der Waals surface area (Å²) in [7, 11) is 3.15. The van der Waals surface area contributed by atoms with Crippen LogP contribution in [0.3, 0.4) is 0 Å². The summed E-state index contributed by atoms with van der Waals surface area (Å²) in [5, 5.41) is 7.46. The topological polar surface area (TPSA) is 65.4 Å². The molecule has 7 heteroatoms. The van der Waals surface area contributed by atoms with E-state index in [4.69, 9.17) is 14.6 Å². The Hall–Kier alpha value is -4.39. The quantitative estimate of drug-likeness (QED) is 0.391. The first-order valence-corrected chi connectivity index (χ1v) is 10.2. The van der Waals surface area contributed by atoms with Crippen molar-refractivity contribution in [2.45, 2.75) is 0 Å². The number of aromatic nitrogens is 2. The number of ether oxygens (including phenoxy) is 2. The molecule has 0 unspecified atom stereocenters. The molecule has 0 bridgehead atoms. The maximum Gasteiger partial charge on any atom is 0.248 e. The highest BCUT2D eigenvalue weighted by Crippen LogP contribution is 2.33. The summed E-state index contributed by atoms with van der Waals surface area (Å²) in [5.41, 5.74) is 3.60. The van der Waals surface area contributed by atoms with E-state index in [1.165, 1.54) is 30.3 Å². The third kappa shape index (κ3) is 5.10. The molecule has 1 aromatic heterocycles. The van der Waals surface area contributed by atoms with Crippen molar-refractivity contribution in [3.05, 3.63) is 96.4 Å². The number of carbonyl (C=O) groups excluding carboxylic acids is 1. The van der Waals surface area contributed by atoms with Crippen LogP contribution in [0.15, 0.2) is 85.1 Å². The van der Waals surface area contributed by atoms with E-state index in [1.807, 2.05) is 54.7 Å². The number of hydrogen-bond acceptors (Lipinski definition) is 4. The summed E-state index contributed by atoms with van der Waals surface area (Å²) in [5.74, 6) is 0.483. The van der Waals surface area contributed by atoms with Crippen molar-refractivity contribution in [3.8, 4) is 28.4 Å². The number of hydrogen-bond donors (Lipinski definition) is 1. The molecule has 4 aromatic rings. The summed E-state index contributed by atoms with van der Waals surface area (Å²) in [6.45, 7) is 0. The Kier molecular flexibility index (Phi) is 6.50. The average Bonchev–Trinajstić information content (AvgIpc) is 3.28. The van der Waals surface area contributed by atoms with Crippen molar-refractivity contribution >= 4 is 17.7 Å². The molecular formula is C26H22FN3O3. The van der Waals surface area contributed by atoms with Crippen LogP contribution in [0.25, 0.3) is 23.0 Å². The zero-order chi connectivity index (χ0) is 23.2. The minimum atomic E-state index is -0.364. The van der Waals surface area contributed by atoms with Crippen molar-refractivity contribution in [3.63, 3.8) is 0 Å². The number of carbonyl (C=O) groups is 1. The molecule has 0 aliphatic carbocycles. The van der Waals surface area contributed by atoms with Crippen LogP contribution in [0, 0.1) is 5.82 Å². The molecule has 4 rings (SSSR count). The molecule has 0 saturated heterocycles. The second kappa shape index (κ2) is 9.82. The molecular weight excluding hydrogens is 421 g/mol. The molecule has 0 spiro atoms. The van der Waals surface area contributed by atoms with Crippen LogP contribution in [-0.4, -0.2) is 29.9 Å². The van der Waals surface area contributed by atoms with Gasteiger partial charge in [0.2, 0.25) is 5.91 Å². The number of benzene rings is 3. The minimum Gasteiger partial charge on any atom is -0.493 e. The summed E-state index contributed by atoms with van der Waals surface area (Å²) >= 11 is 0. The third-order valence-electron chi connectivity index (χ3n) is 4.95. The van der Waals surface area contributed by atoms with Crippen LogP contribution in [0.2, 0.25) is 0 Å². The number of nitrogens with zero attached hydrogens (tertiary/aromatic N) is 2. The number of methoxy groups -OCH3 is 2. The predicted octanol–water partition coefficient (Wildman–Crippen LogP) is 5.35. The molecule has 1 N–H and O–H groups in total. The molecule has 0 saturated carbocycles. The van der Waals surface area contributed by atoms with Crippen molar-refractivity contribution in [1.82, 2.24) is 9.78 Å². The van der Waals surface area contributed by atoms with Gasteiger partial charge in [0.25, 0.3) is 0 Å². The number of nitrogens with one attached hydrogen (secondary N) is 1. The van der Waals surface area contributed by atoms with Crippen molar-refractivity contribution < 1.29 is 18.7 Å². The van der Waals surface area contributed by atoms with Gasteiger partial charge >= 0.3 is 0 Å². The van der Waals surface area contributed by atoms with Crippen LogP contribution < -0.4 is 14.8 Å². The van der Waals surface area contributed by atoms with Crippen LogP contribution in [0.4, 0.5) is 10.1 Å². The van der Waals surface area contributed by atoms with Crippen LogP contribution in [0.1, 0.15) is 5.56 Å². The lowest BCUT2D eigenvalue weighted by Crippen LogP contribution is -2.07. The number of rotatable bonds is 7. The Morgan fingerprint density at radius 2 is 1.70 bits per heavy atom. The Bertz CT molecular complexity index is 1280. The number of para-hydroxylation sites is 1. The second-order valence-electron chi connectivity index (χ2n) is 7.11. The number of halogens is 1. The summed E-state index contributed by atoms with van der Waals surface area (Å²) in [4.78, 5) is 12.4. The van der Waals surface area contributed by atoms with Crippen molar-refractivity contribution in [2.24, 2.45) is 0 Å². The fourth-order valence-electron chi connectivity index (χ4n) is 3.31. The van der Waals surface area contributed by atoms with E-state index in [2.05, 4.69) is 5.32 Å². The SMILES string of the molecule is COc1ccc(-c2nn(-c3ccccc3)cc2/C=C/C(=O)Nc2ccc(F)cc2)cc1OC. The van der Waals surface area contributed by atoms with Crippen molar-refractivity contribution in [2.75, 3.05) is 19.5 Å². The highest BCUT2D eigenvalue weighted by molar-refractivity contribution is 6.02. The molecule has 166 valence electrons. The normalized spacial score (nSPS) is 10.9. The van der Waals surface area contributed by atoms with Crippen LogP contribution in [0.5, 0.6) is 11.5 Å². The van der Waals surface area contributed by atoms with Gasteiger partial charge in [0.05, 0.1) is 19.9 Å². The lowest BCUT2D eigenvalue weighted by Gasteiger charge is -2.09. The maximum absolute atomic E-state index is 13.1. The van der Waals surface area contributed by atoms with Gasteiger partial charge in [0, 0.05) is 29.1 Å². The third-order valence-corrected chi connectivity index (χ3v) is 4.95. The summed E-state index contributed by atoms with van der Waals surface area (Å²) in [6.07, 6.45) is 4.96. The van der Waals surface area contributed by atoms with Crippen molar-refractivity contribution in [1.29, 1.82) is 0 Å². The van der Waals surface area contributed by atoms with E-state index in [9.17, 15) is 9.18 Å². The molecule has 0 fully saturated rings. The fourth-order valence-corrected chi connectivity index (χ4v) is 3.31. The molecule has 3 aromatic carbocycles.